The van der Waals surface area contributed by atoms with E-state index in [1.54, 1.807) is 19.2 Å². The summed E-state index contributed by atoms with van der Waals surface area (Å²) in [6.45, 7) is 2.89. The minimum Gasteiger partial charge on any atom is -0.496 e. The maximum Gasteiger partial charge on any atom is 0.257 e. The highest BCUT2D eigenvalue weighted by Gasteiger charge is 2.24. The van der Waals surface area contributed by atoms with E-state index in [2.05, 4.69) is 33.6 Å². The van der Waals surface area contributed by atoms with Gasteiger partial charge in [0.05, 0.1) is 29.3 Å². The molecular formula is C20H19ClIN3O2. The van der Waals surface area contributed by atoms with Crippen LogP contribution < -0.4 is 9.64 Å². The third-order valence-corrected chi connectivity index (χ3v) is 6.14. The fourth-order valence-electron chi connectivity index (χ4n) is 3.16. The molecule has 0 unspecified atom stereocenters. The van der Waals surface area contributed by atoms with Crippen LogP contribution in [0.2, 0.25) is 5.02 Å². The van der Waals surface area contributed by atoms with E-state index in [-0.39, 0.29) is 5.91 Å². The lowest BCUT2D eigenvalue weighted by Gasteiger charge is -2.24. The van der Waals surface area contributed by atoms with Crippen molar-refractivity contribution in [3.05, 3.63) is 56.1 Å². The smallest absolute Gasteiger partial charge is 0.257 e. The molecule has 0 aliphatic carbocycles. The Morgan fingerprint density at radius 2 is 1.93 bits per heavy atom. The largest absolute Gasteiger partial charge is 0.496 e. The first-order valence-corrected chi connectivity index (χ1v) is 10.1. The number of carbonyl (C=O) groups is 1. The molecule has 27 heavy (non-hydrogen) atoms. The van der Waals surface area contributed by atoms with Gasteiger partial charge in [-0.25, -0.2) is 0 Å². The quantitative estimate of drug-likeness (QED) is 0.600. The Bertz CT molecular complexity index is 880. The van der Waals surface area contributed by atoms with Crippen LogP contribution >= 0.6 is 34.2 Å². The summed E-state index contributed by atoms with van der Waals surface area (Å²) in [4.78, 5) is 17.1. The van der Waals surface area contributed by atoms with Crippen molar-refractivity contribution in [1.82, 2.24) is 4.90 Å². The molecule has 1 aliphatic rings. The highest BCUT2D eigenvalue weighted by atomic mass is 127. The maximum atomic E-state index is 13.1. The lowest BCUT2D eigenvalue weighted by atomic mass is 10.1. The molecular weight excluding hydrogens is 477 g/mol. The number of hydrogen-bond donors (Lipinski definition) is 0. The normalized spacial score (nSPS) is 14.4. The number of hydrogen-bond acceptors (Lipinski definition) is 4. The first kappa shape index (κ1) is 19.8. The van der Waals surface area contributed by atoms with Crippen LogP contribution in [0.25, 0.3) is 0 Å². The number of methoxy groups -OCH3 is 1. The molecule has 2 aromatic carbocycles. The molecule has 1 fully saturated rings. The molecule has 7 heteroatoms. The van der Waals surface area contributed by atoms with Crippen LogP contribution in [0.5, 0.6) is 5.75 Å². The number of rotatable bonds is 3. The molecule has 0 radical (unpaired) electrons. The van der Waals surface area contributed by atoms with E-state index >= 15 is 0 Å². The van der Waals surface area contributed by atoms with Crippen molar-refractivity contribution in [2.24, 2.45) is 0 Å². The van der Waals surface area contributed by atoms with Crippen molar-refractivity contribution in [3.8, 4) is 11.8 Å². The van der Waals surface area contributed by atoms with Gasteiger partial charge in [0.15, 0.2) is 0 Å². The van der Waals surface area contributed by atoms with Crippen LogP contribution in [0.3, 0.4) is 0 Å². The SMILES string of the molecule is COc1cc(I)c(Cl)cc1C(=O)N1CCCN(c2ccc(C#N)cc2)CC1. The molecule has 1 heterocycles. The van der Waals surface area contributed by atoms with Crippen LogP contribution in [0.1, 0.15) is 22.3 Å². The Morgan fingerprint density at radius 3 is 2.59 bits per heavy atom. The fraction of sp³-hybridized carbons (Fsp3) is 0.300. The van der Waals surface area contributed by atoms with Gasteiger partial charge in [-0.05, 0) is 65.4 Å². The van der Waals surface area contributed by atoms with Crippen LogP contribution in [0.4, 0.5) is 5.69 Å². The van der Waals surface area contributed by atoms with Crippen molar-refractivity contribution in [2.75, 3.05) is 38.2 Å². The summed E-state index contributed by atoms with van der Waals surface area (Å²) in [5, 5.41) is 9.49. The zero-order valence-electron chi connectivity index (χ0n) is 14.9. The molecule has 1 amide bonds. The van der Waals surface area contributed by atoms with Crippen LogP contribution in [0, 0.1) is 14.9 Å². The van der Waals surface area contributed by atoms with Gasteiger partial charge < -0.3 is 14.5 Å². The summed E-state index contributed by atoms with van der Waals surface area (Å²) in [6.07, 6.45) is 0.867. The van der Waals surface area contributed by atoms with Crippen LogP contribution in [-0.4, -0.2) is 44.1 Å². The Morgan fingerprint density at radius 1 is 1.19 bits per heavy atom. The molecule has 0 N–H and O–H groups in total. The number of benzene rings is 2. The molecule has 0 atom stereocenters. The molecule has 5 nitrogen and oxygen atoms in total. The number of amides is 1. The predicted molar refractivity (Wildman–Crippen MR) is 115 cm³/mol. The van der Waals surface area contributed by atoms with E-state index in [9.17, 15) is 4.79 Å². The van der Waals surface area contributed by atoms with Crippen molar-refractivity contribution >= 4 is 45.8 Å². The maximum absolute atomic E-state index is 13.1. The summed E-state index contributed by atoms with van der Waals surface area (Å²) >= 11 is 8.35. The average molecular weight is 496 g/mol. The molecule has 1 aliphatic heterocycles. The van der Waals surface area contributed by atoms with Gasteiger partial charge in [0.1, 0.15) is 5.75 Å². The average Bonchev–Trinajstić information content (AvgIpc) is 2.95. The highest BCUT2D eigenvalue weighted by Crippen LogP contribution is 2.29. The third-order valence-electron chi connectivity index (χ3n) is 4.62. The van der Waals surface area contributed by atoms with Gasteiger partial charge in [-0.2, -0.15) is 5.26 Å². The lowest BCUT2D eigenvalue weighted by Crippen LogP contribution is -2.35. The number of anilines is 1. The van der Waals surface area contributed by atoms with Gasteiger partial charge >= 0.3 is 0 Å². The van der Waals surface area contributed by atoms with Gasteiger partial charge in [-0.3, -0.25) is 4.79 Å². The van der Waals surface area contributed by atoms with Gasteiger partial charge in [0.25, 0.3) is 5.91 Å². The summed E-state index contributed by atoms with van der Waals surface area (Å²) in [5.41, 5.74) is 2.21. The monoisotopic (exact) mass is 495 g/mol. The second-order valence-electron chi connectivity index (χ2n) is 6.26. The topological polar surface area (TPSA) is 56.6 Å². The predicted octanol–water partition coefficient (Wildman–Crippen LogP) is 4.18. The number of halogens is 2. The molecule has 0 bridgehead atoms. The lowest BCUT2D eigenvalue weighted by molar-refractivity contribution is 0.0763. The first-order valence-electron chi connectivity index (χ1n) is 8.61. The summed E-state index contributed by atoms with van der Waals surface area (Å²) in [6, 6.07) is 13.2. The Hall–Kier alpha value is -1.98. The summed E-state index contributed by atoms with van der Waals surface area (Å²) in [5.74, 6) is 0.480. The standard InChI is InChI=1S/C20H19ClIN3O2/c1-27-19-12-18(22)17(21)11-16(19)20(26)25-8-2-7-24(9-10-25)15-5-3-14(13-23)4-6-15/h3-6,11-12H,2,7-10H2,1H3. The van der Waals surface area contributed by atoms with Crippen molar-refractivity contribution in [1.29, 1.82) is 5.26 Å². The fourth-order valence-corrected chi connectivity index (χ4v) is 3.76. The van der Waals surface area contributed by atoms with Gasteiger partial charge in [-0.15, -0.1) is 0 Å². The zero-order valence-corrected chi connectivity index (χ0v) is 17.8. The van der Waals surface area contributed by atoms with E-state index in [1.165, 1.54) is 0 Å². The second kappa shape index (κ2) is 8.81. The summed E-state index contributed by atoms with van der Waals surface area (Å²) in [7, 11) is 1.56. The molecule has 1 saturated heterocycles. The van der Waals surface area contributed by atoms with Gasteiger partial charge in [0, 0.05) is 35.4 Å². The van der Waals surface area contributed by atoms with E-state index in [4.69, 9.17) is 21.6 Å². The van der Waals surface area contributed by atoms with E-state index < -0.39 is 0 Å². The second-order valence-corrected chi connectivity index (χ2v) is 7.83. The van der Waals surface area contributed by atoms with E-state index in [0.29, 0.717) is 35.0 Å². The van der Waals surface area contributed by atoms with Crippen LogP contribution in [-0.2, 0) is 0 Å². The third kappa shape index (κ3) is 4.47. The Labute approximate surface area is 177 Å². The van der Waals surface area contributed by atoms with Crippen molar-refractivity contribution in [3.63, 3.8) is 0 Å². The number of carbonyl (C=O) groups excluding carboxylic acids is 1. The van der Waals surface area contributed by atoms with Crippen molar-refractivity contribution in [2.45, 2.75) is 6.42 Å². The Balaban J connectivity index is 1.75. The van der Waals surface area contributed by atoms with Gasteiger partial charge in [0.2, 0.25) is 0 Å². The highest BCUT2D eigenvalue weighted by molar-refractivity contribution is 14.1. The van der Waals surface area contributed by atoms with Crippen molar-refractivity contribution < 1.29 is 9.53 Å². The molecule has 0 spiro atoms. The minimum atomic E-state index is -0.0631. The van der Waals surface area contributed by atoms with E-state index in [1.807, 2.05) is 29.2 Å². The number of nitriles is 1. The molecule has 0 saturated carbocycles. The Kier molecular flexibility index (Phi) is 6.45. The van der Waals surface area contributed by atoms with E-state index in [0.717, 1.165) is 28.8 Å². The first-order chi connectivity index (χ1) is 13.0. The molecule has 2 aromatic rings. The molecule has 140 valence electrons. The zero-order chi connectivity index (χ0) is 19.4. The van der Waals surface area contributed by atoms with Gasteiger partial charge in [-0.1, -0.05) is 11.6 Å². The number of nitrogens with zero attached hydrogens (tertiary/aromatic N) is 3. The minimum absolute atomic E-state index is 0.0631. The molecule has 3 rings (SSSR count). The summed E-state index contributed by atoms with van der Waals surface area (Å²) < 4.78 is 6.24. The molecule has 0 aromatic heterocycles. The number of ether oxygens (including phenoxy) is 1. The van der Waals surface area contributed by atoms with Crippen LogP contribution in [0.15, 0.2) is 36.4 Å².